The maximum Gasteiger partial charge on any atom is 0.411 e. The number of benzene rings is 2. The summed E-state index contributed by atoms with van der Waals surface area (Å²) in [6.07, 6.45) is 0.483. The highest BCUT2D eigenvalue weighted by atomic mass is 79.9. The highest BCUT2D eigenvalue weighted by Gasteiger charge is 2.47. The van der Waals surface area contributed by atoms with Crippen molar-refractivity contribution < 1.29 is 19.4 Å². The van der Waals surface area contributed by atoms with Gasteiger partial charge < -0.3 is 19.5 Å². The van der Waals surface area contributed by atoms with Crippen LogP contribution in [0.25, 0.3) is 0 Å². The van der Waals surface area contributed by atoms with Crippen LogP contribution in [-0.4, -0.2) is 42.0 Å². The molecular weight excluding hydrogens is 434 g/mol. The number of carbonyl (C=O) groups is 1. The van der Waals surface area contributed by atoms with Crippen LogP contribution in [0.3, 0.4) is 0 Å². The molecule has 1 saturated heterocycles. The monoisotopic (exact) mass is 461 g/mol. The summed E-state index contributed by atoms with van der Waals surface area (Å²) in [7, 11) is 1.55. The van der Waals surface area contributed by atoms with E-state index in [1.807, 2.05) is 61.5 Å². The lowest BCUT2D eigenvalue weighted by atomic mass is 9.79. The summed E-state index contributed by atoms with van der Waals surface area (Å²) >= 11 is 3.44. The van der Waals surface area contributed by atoms with Gasteiger partial charge in [0.15, 0.2) is 0 Å². The number of hydrogen-bond donors (Lipinski definition) is 1. The first kappa shape index (κ1) is 21.8. The van der Waals surface area contributed by atoms with Crippen LogP contribution in [-0.2, 0) is 15.1 Å². The van der Waals surface area contributed by atoms with Crippen LogP contribution < -0.4 is 0 Å². The Morgan fingerprint density at radius 2 is 1.90 bits per heavy atom. The predicted octanol–water partition coefficient (Wildman–Crippen LogP) is 5.04. The summed E-state index contributed by atoms with van der Waals surface area (Å²) in [5.74, 6) is 0. The fourth-order valence-corrected chi connectivity index (χ4v) is 4.36. The minimum absolute atomic E-state index is 0.108. The molecule has 0 radical (unpaired) electrons. The van der Waals surface area contributed by atoms with E-state index in [0.717, 1.165) is 15.6 Å². The van der Waals surface area contributed by atoms with Crippen LogP contribution in [0.1, 0.15) is 43.9 Å². The smallest absolute Gasteiger partial charge is 0.411 e. The van der Waals surface area contributed by atoms with Gasteiger partial charge in [0.1, 0.15) is 5.60 Å². The van der Waals surface area contributed by atoms with Gasteiger partial charge in [0.05, 0.1) is 18.2 Å². The number of aliphatic hydroxyl groups is 1. The summed E-state index contributed by atoms with van der Waals surface area (Å²) in [6.45, 7) is 4.42. The number of halogens is 1. The van der Waals surface area contributed by atoms with Gasteiger partial charge in [-0.2, -0.15) is 0 Å². The summed E-state index contributed by atoms with van der Waals surface area (Å²) in [6, 6.07) is 17.5. The molecule has 1 amide bonds. The topological polar surface area (TPSA) is 59.0 Å². The van der Waals surface area contributed by atoms with Crippen molar-refractivity contribution in [1.82, 2.24) is 4.90 Å². The maximum atomic E-state index is 13.1. The number of amides is 1. The van der Waals surface area contributed by atoms with Gasteiger partial charge >= 0.3 is 6.09 Å². The van der Waals surface area contributed by atoms with Crippen molar-refractivity contribution in [2.45, 2.75) is 43.9 Å². The van der Waals surface area contributed by atoms with E-state index in [9.17, 15) is 9.90 Å². The van der Waals surface area contributed by atoms with Crippen molar-refractivity contribution in [3.8, 4) is 0 Å². The Balaban J connectivity index is 1.86. The highest BCUT2D eigenvalue weighted by molar-refractivity contribution is 9.10. The van der Waals surface area contributed by atoms with Gasteiger partial charge in [-0.05, 0) is 37.1 Å². The SMILES string of the molecule is COCC(C)(O)CC1(c2ccccc2)CCN(C(C)c2ccc(Br)cc2)C(=O)O1. The average Bonchev–Trinajstić information content (AvgIpc) is 2.68. The zero-order valence-electron chi connectivity index (χ0n) is 17.1. The zero-order valence-corrected chi connectivity index (χ0v) is 18.7. The van der Waals surface area contributed by atoms with Crippen molar-refractivity contribution in [2.24, 2.45) is 0 Å². The molecular formula is C23H28BrNO4. The van der Waals surface area contributed by atoms with Crippen molar-refractivity contribution in [3.05, 3.63) is 70.2 Å². The third kappa shape index (κ3) is 5.00. The first-order chi connectivity index (χ1) is 13.8. The van der Waals surface area contributed by atoms with Crippen LogP contribution in [0.4, 0.5) is 4.79 Å². The van der Waals surface area contributed by atoms with Crippen LogP contribution in [0.2, 0.25) is 0 Å². The first-order valence-corrected chi connectivity index (χ1v) is 10.6. The van der Waals surface area contributed by atoms with E-state index in [-0.39, 0.29) is 25.2 Å². The Morgan fingerprint density at radius 1 is 1.24 bits per heavy atom. The predicted molar refractivity (Wildman–Crippen MR) is 116 cm³/mol. The average molecular weight is 462 g/mol. The molecule has 3 rings (SSSR count). The third-order valence-electron chi connectivity index (χ3n) is 5.52. The van der Waals surface area contributed by atoms with E-state index < -0.39 is 11.2 Å². The third-order valence-corrected chi connectivity index (χ3v) is 6.04. The summed E-state index contributed by atoms with van der Waals surface area (Å²) in [4.78, 5) is 14.8. The molecule has 6 heteroatoms. The molecule has 1 fully saturated rings. The Bertz CT molecular complexity index is 825. The summed E-state index contributed by atoms with van der Waals surface area (Å²) in [5, 5.41) is 10.8. The maximum absolute atomic E-state index is 13.1. The molecule has 0 aromatic heterocycles. The molecule has 0 saturated carbocycles. The molecule has 0 spiro atoms. The Kier molecular flexibility index (Phi) is 6.66. The number of ether oxygens (including phenoxy) is 2. The van der Waals surface area contributed by atoms with Crippen LogP contribution in [0.5, 0.6) is 0 Å². The van der Waals surface area contributed by atoms with Gasteiger partial charge in [0.2, 0.25) is 0 Å². The zero-order chi connectivity index (χ0) is 21.1. The van der Waals surface area contributed by atoms with E-state index in [0.29, 0.717) is 13.0 Å². The molecule has 3 unspecified atom stereocenters. The quantitative estimate of drug-likeness (QED) is 0.627. The molecule has 0 aliphatic carbocycles. The Morgan fingerprint density at radius 3 is 2.48 bits per heavy atom. The number of rotatable bonds is 7. The molecule has 5 nitrogen and oxygen atoms in total. The van der Waals surface area contributed by atoms with Crippen molar-refractivity contribution in [1.29, 1.82) is 0 Å². The van der Waals surface area contributed by atoms with Gasteiger partial charge in [-0.3, -0.25) is 0 Å². The molecule has 1 aliphatic heterocycles. The molecule has 29 heavy (non-hydrogen) atoms. The lowest BCUT2D eigenvalue weighted by Gasteiger charge is -2.46. The molecule has 0 bridgehead atoms. The van der Waals surface area contributed by atoms with E-state index in [2.05, 4.69) is 15.9 Å². The van der Waals surface area contributed by atoms with Crippen molar-refractivity contribution in [2.75, 3.05) is 20.3 Å². The second-order valence-electron chi connectivity index (χ2n) is 8.01. The molecule has 2 aromatic carbocycles. The largest absolute Gasteiger partial charge is 0.438 e. The number of hydrogen-bond acceptors (Lipinski definition) is 4. The number of nitrogens with zero attached hydrogens (tertiary/aromatic N) is 1. The van der Waals surface area contributed by atoms with Crippen LogP contribution in [0, 0.1) is 0 Å². The summed E-state index contributed by atoms with van der Waals surface area (Å²) in [5.41, 5.74) is -0.0786. The van der Waals surface area contributed by atoms with Crippen molar-refractivity contribution >= 4 is 22.0 Å². The highest BCUT2D eigenvalue weighted by Crippen LogP contribution is 2.42. The summed E-state index contributed by atoms with van der Waals surface area (Å²) < 4.78 is 12.3. The molecule has 1 aliphatic rings. The number of cyclic esters (lactones) is 1. The van der Waals surface area contributed by atoms with E-state index >= 15 is 0 Å². The van der Waals surface area contributed by atoms with Gasteiger partial charge in [-0.15, -0.1) is 0 Å². The van der Waals surface area contributed by atoms with E-state index in [1.165, 1.54) is 0 Å². The number of carbonyl (C=O) groups excluding carboxylic acids is 1. The van der Waals surface area contributed by atoms with Crippen LogP contribution >= 0.6 is 15.9 Å². The first-order valence-electron chi connectivity index (χ1n) is 9.78. The second kappa shape index (κ2) is 8.86. The normalized spacial score (nSPS) is 22.7. The fourth-order valence-electron chi connectivity index (χ4n) is 4.09. The van der Waals surface area contributed by atoms with Gasteiger partial charge in [-0.1, -0.05) is 58.4 Å². The fraction of sp³-hybridized carbons (Fsp3) is 0.435. The van der Waals surface area contributed by atoms with E-state index in [1.54, 1.807) is 18.9 Å². The minimum atomic E-state index is -1.12. The molecule has 3 atom stereocenters. The Labute approximate surface area is 180 Å². The molecule has 1 N–H and O–H groups in total. The van der Waals surface area contributed by atoms with Crippen molar-refractivity contribution in [3.63, 3.8) is 0 Å². The Hall–Kier alpha value is -1.89. The van der Waals surface area contributed by atoms with Crippen LogP contribution in [0.15, 0.2) is 59.1 Å². The lowest BCUT2D eigenvalue weighted by Crippen LogP contribution is -2.52. The number of methoxy groups -OCH3 is 1. The molecule has 156 valence electrons. The second-order valence-corrected chi connectivity index (χ2v) is 8.92. The van der Waals surface area contributed by atoms with Gasteiger partial charge in [-0.25, -0.2) is 4.79 Å². The lowest BCUT2D eigenvalue weighted by molar-refractivity contribution is -0.121. The minimum Gasteiger partial charge on any atom is -0.438 e. The van der Waals surface area contributed by atoms with E-state index in [4.69, 9.17) is 9.47 Å². The van der Waals surface area contributed by atoms with Gasteiger partial charge in [0, 0.05) is 31.0 Å². The molecule has 1 heterocycles. The standard InChI is InChI=1S/C23H28BrNO4/c1-17(18-9-11-20(24)12-10-18)25-14-13-23(29-21(25)26,15-22(2,27)16-28-3)19-7-5-4-6-8-19/h4-12,17,27H,13-16H2,1-3H3. The van der Waals surface area contributed by atoms with Gasteiger partial charge in [0.25, 0.3) is 0 Å². The molecule has 2 aromatic rings.